The molecule has 1 N–H and O–H groups in total. The van der Waals surface area contributed by atoms with Crippen LogP contribution in [0.15, 0.2) is 36.4 Å². The van der Waals surface area contributed by atoms with E-state index in [-0.39, 0.29) is 23.0 Å². The predicted molar refractivity (Wildman–Crippen MR) is 107 cm³/mol. The lowest BCUT2D eigenvalue weighted by molar-refractivity contribution is -0.384. The van der Waals surface area contributed by atoms with Crippen molar-refractivity contribution in [1.29, 1.82) is 0 Å². The van der Waals surface area contributed by atoms with Gasteiger partial charge in [-0.15, -0.1) is 0 Å². The average molecular weight is 391 g/mol. The van der Waals surface area contributed by atoms with Gasteiger partial charge in [-0.1, -0.05) is 31.5 Å². The second kappa shape index (κ2) is 9.37. The fourth-order valence-electron chi connectivity index (χ4n) is 2.76. The van der Waals surface area contributed by atoms with Crippen LogP contribution in [0.3, 0.4) is 0 Å². The highest BCUT2D eigenvalue weighted by Gasteiger charge is 2.14. The topological polar surface area (TPSA) is 81.5 Å². The number of carbonyl (C=O) groups is 1. The summed E-state index contributed by atoms with van der Waals surface area (Å²) in [5.74, 6) is 1.01. The van der Waals surface area contributed by atoms with Crippen molar-refractivity contribution in [3.8, 4) is 5.75 Å². The maximum Gasteiger partial charge on any atom is 0.289 e. The summed E-state index contributed by atoms with van der Waals surface area (Å²) < 4.78 is 5.70. The van der Waals surface area contributed by atoms with Crippen molar-refractivity contribution in [3.05, 3.63) is 62.7 Å². The number of nitrogens with one attached hydrogen (secondary N) is 1. The zero-order valence-corrected chi connectivity index (χ0v) is 16.4. The van der Waals surface area contributed by atoms with E-state index in [1.807, 2.05) is 12.1 Å². The molecule has 0 aliphatic rings. The van der Waals surface area contributed by atoms with E-state index in [9.17, 15) is 14.9 Å². The largest absolute Gasteiger partial charge is 0.494 e. The highest BCUT2D eigenvalue weighted by atomic mass is 35.5. The molecule has 6 nitrogen and oxygen atoms in total. The fraction of sp³-hybridized carbons (Fsp3) is 0.350. The minimum Gasteiger partial charge on any atom is -0.494 e. The van der Waals surface area contributed by atoms with Crippen LogP contribution in [0.25, 0.3) is 0 Å². The Labute approximate surface area is 163 Å². The Morgan fingerprint density at radius 3 is 2.63 bits per heavy atom. The van der Waals surface area contributed by atoms with E-state index in [1.165, 1.54) is 29.3 Å². The number of amides is 1. The van der Waals surface area contributed by atoms with Crippen LogP contribution in [0.1, 0.15) is 43.7 Å². The average Bonchev–Trinajstić information content (AvgIpc) is 2.60. The van der Waals surface area contributed by atoms with Gasteiger partial charge in [0.25, 0.3) is 5.69 Å². The first-order valence-electron chi connectivity index (χ1n) is 8.75. The predicted octanol–water partition coefficient (Wildman–Crippen LogP) is 5.48. The van der Waals surface area contributed by atoms with Gasteiger partial charge in [-0.3, -0.25) is 14.9 Å². The van der Waals surface area contributed by atoms with Gasteiger partial charge in [0, 0.05) is 18.2 Å². The summed E-state index contributed by atoms with van der Waals surface area (Å²) in [7, 11) is 0. The van der Waals surface area contributed by atoms with Crippen LogP contribution in [0, 0.1) is 17.0 Å². The second-order valence-corrected chi connectivity index (χ2v) is 7.00. The Balaban J connectivity index is 1.80. The SMILES string of the molecule is Cc1cc(OCCCC(=O)Nc2ccc(Cl)c([N+](=O)[O-])c2)ccc1C(C)C. The smallest absolute Gasteiger partial charge is 0.289 e. The van der Waals surface area contributed by atoms with Crippen LogP contribution >= 0.6 is 11.6 Å². The number of anilines is 1. The molecule has 0 spiro atoms. The van der Waals surface area contributed by atoms with Gasteiger partial charge in [-0.25, -0.2) is 0 Å². The highest BCUT2D eigenvalue weighted by molar-refractivity contribution is 6.32. The number of halogens is 1. The van der Waals surface area contributed by atoms with Gasteiger partial charge in [0.2, 0.25) is 5.91 Å². The summed E-state index contributed by atoms with van der Waals surface area (Å²) in [6.45, 7) is 6.77. The molecule has 144 valence electrons. The quantitative estimate of drug-likeness (QED) is 0.367. The molecule has 2 aromatic rings. The van der Waals surface area contributed by atoms with Gasteiger partial charge in [-0.2, -0.15) is 0 Å². The molecule has 0 aromatic heterocycles. The second-order valence-electron chi connectivity index (χ2n) is 6.60. The van der Waals surface area contributed by atoms with Gasteiger partial charge in [0.05, 0.1) is 11.5 Å². The van der Waals surface area contributed by atoms with E-state index in [0.29, 0.717) is 24.6 Å². The van der Waals surface area contributed by atoms with E-state index < -0.39 is 4.92 Å². The highest BCUT2D eigenvalue weighted by Crippen LogP contribution is 2.27. The summed E-state index contributed by atoms with van der Waals surface area (Å²) in [5, 5.41) is 13.5. The standard InChI is InChI=1S/C20H23ClN2O4/c1-13(2)17-8-7-16(11-14(17)3)27-10-4-5-20(24)22-15-6-9-18(21)19(12-15)23(25)26/h6-9,11-13H,4-5,10H2,1-3H3,(H,22,24). The number of nitro benzene ring substituents is 1. The maximum absolute atomic E-state index is 12.0. The minimum atomic E-state index is -0.585. The summed E-state index contributed by atoms with van der Waals surface area (Å²) >= 11 is 5.76. The molecule has 0 bridgehead atoms. The van der Waals surface area contributed by atoms with Crippen LogP contribution in [-0.2, 0) is 4.79 Å². The van der Waals surface area contributed by atoms with Crippen molar-refractivity contribution in [2.75, 3.05) is 11.9 Å². The summed E-state index contributed by atoms with van der Waals surface area (Å²) in [6, 6.07) is 10.2. The lowest BCUT2D eigenvalue weighted by atomic mass is 9.98. The Bertz CT molecular complexity index is 837. The van der Waals surface area contributed by atoms with Gasteiger partial charge < -0.3 is 10.1 Å². The molecule has 0 fully saturated rings. The zero-order valence-electron chi connectivity index (χ0n) is 15.6. The molecular formula is C20H23ClN2O4. The normalized spacial score (nSPS) is 10.7. The van der Waals surface area contributed by atoms with E-state index >= 15 is 0 Å². The van der Waals surface area contributed by atoms with Crippen LogP contribution in [0.5, 0.6) is 5.75 Å². The van der Waals surface area contributed by atoms with Gasteiger partial charge in [0.15, 0.2) is 0 Å². The molecule has 0 radical (unpaired) electrons. The van der Waals surface area contributed by atoms with Crippen molar-refractivity contribution in [1.82, 2.24) is 0 Å². The maximum atomic E-state index is 12.0. The van der Waals surface area contributed by atoms with Crippen molar-refractivity contribution < 1.29 is 14.5 Å². The first kappa shape index (κ1) is 20.7. The molecule has 2 rings (SSSR count). The third-order valence-corrected chi connectivity index (χ3v) is 4.43. The minimum absolute atomic E-state index is 0.0326. The number of rotatable bonds is 8. The number of nitrogens with zero attached hydrogens (tertiary/aromatic N) is 1. The van der Waals surface area contributed by atoms with Crippen LogP contribution < -0.4 is 10.1 Å². The molecule has 1 amide bonds. The van der Waals surface area contributed by atoms with E-state index in [2.05, 4.69) is 32.2 Å². The molecule has 0 aliphatic carbocycles. The molecule has 0 saturated heterocycles. The van der Waals surface area contributed by atoms with Crippen molar-refractivity contribution in [2.24, 2.45) is 0 Å². The van der Waals surface area contributed by atoms with Crippen LogP contribution in [-0.4, -0.2) is 17.4 Å². The first-order valence-corrected chi connectivity index (χ1v) is 9.13. The third-order valence-electron chi connectivity index (χ3n) is 4.11. The molecule has 2 aromatic carbocycles. The first-order chi connectivity index (χ1) is 12.8. The Morgan fingerprint density at radius 1 is 1.26 bits per heavy atom. The Morgan fingerprint density at radius 2 is 2.00 bits per heavy atom. The van der Waals surface area contributed by atoms with Crippen LogP contribution in [0.4, 0.5) is 11.4 Å². The number of hydrogen-bond donors (Lipinski definition) is 1. The van der Waals surface area contributed by atoms with Gasteiger partial charge in [-0.05, 0) is 54.7 Å². The summed E-state index contributed by atoms with van der Waals surface area (Å²) in [4.78, 5) is 22.3. The lowest BCUT2D eigenvalue weighted by Crippen LogP contribution is -2.13. The molecule has 27 heavy (non-hydrogen) atoms. The van der Waals surface area contributed by atoms with Gasteiger partial charge >= 0.3 is 0 Å². The molecular weight excluding hydrogens is 368 g/mol. The number of aryl methyl sites for hydroxylation is 1. The molecule has 0 saturated carbocycles. The number of hydrogen-bond acceptors (Lipinski definition) is 4. The lowest BCUT2D eigenvalue weighted by Gasteiger charge is -2.12. The van der Waals surface area contributed by atoms with E-state index in [0.717, 1.165) is 5.75 Å². The number of nitro groups is 1. The number of carbonyl (C=O) groups excluding carboxylic acids is 1. The summed E-state index contributed by atoms with van der Waals surface area (Å²) in [6.07, 6.45) is 0.784. The van der Waals surface area contributed by atoms with E-state index in [4.69, 9.17) is 16.3 Å². The summed E-state index contributed by atoms with van der Waals surface area (Å²) in [5.41, 5.74) is 2.58. The number of benzene rings is 2. The molecule has 0 atom stereocenters. The fourth-order valence-corrected chi connectivity index (χ4v) is 2.95. The Hall–Kier alpha value is -2.60. The Kier molecular flexibility index (Phi) is 7.19. The number of ether oxygens (including phenoxy) is 1. The molecule has 0 heterocycles. The van der Waals surface area contributed by atoms with Crippen molar-refractivity contribution in [3.63, 3.8) is 0 Å². The van der Waals surface area contributed by atoms with E-state index in [1.54, 1.807) is 0 Å². The molecule has 7 heteroatoms. The third kappa shape index (κ3) is 5.96. The van der Waals surface area contributed by atoms with Crippen molar-refractivity contribution in [2.45, 2.75) is 39.5 Å². The molecule has 0 aliphatic heterocycles. The van der Waals surface area contributed by atoms with Gasteiger partial charge in [0.1, 0.15) is 10.8 Å². The molecule has 0 unspecified atom stereocenters. The monoisotopic (exact) mass is 390 g/mol. The van der Waals surface area contributed by atoms with Crippen molar-refractivity contribution >= 4 is 28.9 Å². The van der Waals surface area contributed by atoms with Crippen LogP contribution in [0.2, 0.25) is 5.02 Å². The zero-order chi connectivity index (χ0) is 20.0.